The second-order valence-electron chi connectivity index (χ2n) is 3.46. The molecule has 0 fully saturated rings. The van der Waals surface area contributed by atoms with Crippen LogP contribution in [-0.4, -0.2) is 0 Å². The molecule has 0 unspecified atom stereocenters. The third-order valence-electron chi connectivity index (χ3n) is 2.29. The van der Waals surface area contributed by atoms with E-state index in [0.717, 1.165) is 18.6 Å². The van der Waals surface area contributed by atoms with E-state index in [1.54, 1.807) is 18.2 Å². The van der Waals surface area contributed by atoms with Gasteiger partial charge in [-0.25, -0.2) is 0 Å². The highest BCUT2D eigenvalue weighted by Crippen LogP contribution is 2.25. The quantitative estimate of drug-likeness (QED) is 0.775. The monoisotopic (exact) mass is 231 g/mol. The van der Waals surface area contributed by atoms with Gasteiger partial charge in [-0.2, -0.15) is 5.26 Å². The van der Waals surface area contributed by atoms with Gasteiger partial charge in [0.05, 0.1) is 10.6 Å². The van der Waals surface area contributed by atoms with E-state index in [0.29, 0.717) is 16.3 Å². The van der Waals surface area contributed by atoms with Gasteiger partial charge in [0.25, 0.3) is 0 Å². The summed E-state index contributed by atoms with van der Waals surface area (Å²) in [5, 5.41) is 9.16. The summed E-state index contributed by atoms with van der Waals surface area (Å²) in [5.41, 5.74) is 0.464. The first kappa shape index (κ1) is 10.8. The van der Waals surface area contributed by atoms with Crippen molar-refractivity contribution in [3.05, 3.63) is 52.8 Å². The molecule has 0 saturated heterocycles. The van der Waals surface area contributed by atoms with Crippen LogP contribution in [0.4, 0.5) is 0 Å². The van der Waals surface area contributed by atoms with Crippen LogP contribution in [0.25, 0.3) is 0 Å². The smallest absolute Gasteiger partial charge is 0.128 e. The zero-order valence-corrected chi connectivity index (χ0v) is 9.37. The molecular formula is C13H10ClNO. The van der Waals surface area contributed by atoms with Gasteiger partial charge in [0.15, 0.2) is 0 Å². The molecule has 80 valence electrons. The van der Waals surface area contributed by atoms with E-state index in [2.05, 4.69) is 6.08 Å². The zero-order chi connectivity index (χ0) is 11.4. The van der Waals surface area contributed by atoms with Crippen molar-refractivity contribution in [1.82, 2.24) is 0 Å². The molecular weight excluding hydrogens is 222 g/mol. The van der Waals surface area contributed by atoms with Gasteiger partial charge < -0.3 is 4.74 Å². The van der Waals surface area contributed by atoms with Crippen LogP contribution in [0.3, 0.4) is 0 Å². The first-order chi connectivity index (χ1) is 7.79. The number of allylic oxidation sites excluding steroid dienone is 4. The summed E-state index contributed by atoms with van der Waals surface area (Å²) in [6, 6.07) is 7.10. The molecule has 0 saturated carbocycles. The molecule has 0 radical (unpaired) electrons. The maximum Gasteiger partial charge on any atom is 0.128 e. The average molecular weight is 232 g/mol. The molecule has 0 spiro atoms. The highest BCUT2D eigenvalue weighted by atomic mass is 35.5. The van der Waals surface area contributed by atoms with Crippen LogP contribution < -0.4 is 4.74 Å². The minimum absolute atomic E-state index is 0.423. The maximum absolute atomic E-state index is 8.73. The van der Waals surface area contributed by atoms with Crippen molar-refractivity contribution >= 4 is 11.6 Å². The van der Waals surface area contributed by atoms with E-state index in [1.807, 2.05) is 18.2 Å². The van der Waals surface area contributed by atoms with Crippen LogP contribution in [0.2, 0.25) is 5.02 Å². The van der Waals surface area contributed by atoms with Crippen molar-refractivity contribution in [1.29, 1.82) is 5.26 Å². The third kappa shape index (κ3) is 2.44. The Morgan fingerprint density at radius 1 is 1.38 bits per heavy atom. The van der Waals surface area contributed by atoms with E-state index in [9.17, 15) is 0 Å². The number of hydrogen-bond acceptors (Lipinski definition) is 2. The SMILES string of the molecule is N#Cc1ccc(OC2=CC=CCC2)cc1Cl. The first-order valence-electron chi connectivity index (χ1n) is 5.03. The Balaban J connectivity index is 2.17. The molecule has 1 aliphatic carbocycles. The van der Waals surface area contributed by atoms with Gasteiger partial charge in [0.2, 0.25) is 0 Å². The number of ether oxygens (including phenoxy) is 1. The second kappa shape index (κ2) is 4.87. The minimum Gasteiger partial charge on any atom is -0.462 e. The Labute approximate surface area is 99.4 Å². The van der Waals surface area contributed by atoms with Gasteiger partial charge in [0, 0.05) is 12.5 Å². The predicted molar refractivity (Wildman–Crippen MR) is 63.3 cm³/mol. The van der Waals surface area contributed by atoms with E-state index in [1.165, 1.54) is 0 Å². The first-order valence-corrected chi connectivity index (χ1v) is 5.40. The fraction of sp³-hybridized carbons (Fsp3) is 0.154. The fourth-order valence-corrected chi connectivity index (χ4v) is 1.68. The van der Waals surface area contributed by atoms with Crippen molar-refractivity contribution < 1.29 is 4.74 Å². The van der Waals surface area contributed by atoms with Crippen molar-refractivity contribution in [3.8, 4) is 11.8 Å². The summed E-state index contributed by atoms with van der Waals surface area (Å²) in [4.78, 5) is 0. The number of rotatable bonds is 2. The standard InChI is InChI=1S/C13H10ClNO/c14-13-8-12(7-6-10(13)9-15)16-11-4-2-1-3-5-11/h1-2,4,6-8H,3,5H2. The van der Waals surface area contributed by atoms with Crippen LogP contribution in [-0.2, 0) is 0 Å². The van der Waals surface area contributed by atoms with Crippen LogP contribution in [0.15, 0.2) is 42.2 Å². The average Bonchev–Trinajstić information content (AvgIpc) is 2.31. The largest absolute Gasteiger partial charge is 0.462 e. The Bertz CT molecular complexity index is 497. The van der Waals surface area contributed by atoms with Gasteiger partial charge in [-0.15, -0.1) is 0 Å². The lowest BCUT2D eigenvalue weighted by atomic mass is 10.1. The van der Waals surface area contributed by atoms with Crippen molar-refractivity contribution in [2.45, 2.75) is 12.8 Å². The van der Waals surface area contributed by atoms with Gasteiger partial charge >= 0.3 is 0 Å². The molecule has 2 nitrogen and oxygen atoms in total. The third-order valence-corrected chi connectivity index (χ3v) is 2.60. The molecule has 0 bridgehead atoms. The van der Waals surface area contributed by atoms with Crippen LogP contribution in [0, 0.1) is 11.3 Å². The summed E-state index contributed by atoms with van der Waals surface area (Å²) in [5.74, 6) is 1.59. The Kier molecular flexibility index (Phi) is 3.28. The normalized spacial score (nSPS) is 14.1. The Morgan fingerprint density at radius 3 is 2.88 bits per heavy atom. The van der Waals surface area contributed by atoms with E-state index < -0.39 is 0 Å². The highest BCUT2D eigenvalue weighted by Gasteiger charge is 2.05. The van der Waals surface area contributed by atoms with E-state index in [4.69, 9.17) is 21.6 Å². The molecule has 1 aromatic rings. The van der Waals surface area contributed by atoms with Crippen LogP contribution in [0.1, 0.15) is 18.4 Å². The molecule has 0 N–H and O–H groups in total. The number of nitrogens with zero attached hydrogens (tertiary/aromatic N) is 1. The number of nitriles is 1. The number of benzene rings is 1. The summed E-state index contributed by atoms with van der Waals surface area (Å²) in [6.45, 7) is 0. The summed E-state index contributed by atoms with van der Waals surface area (Å²) in [6.07, 6.45) is 7.91. The number of halogens is 1. The zero-order valence-electron chi connectivity index (χ0n) is 8.61. The van der Waals surface area contributed by atoms with Crippen molar-refractivity contribution in [3.63, 3.8) is 0 Å². The maximum atomic E-state index is 8.73. The lowest BCUT2D eigenvalue weighted by Crippen LogP contribution is -1.97. The second-order valence-corrected chi connectivity index (χ2v) is 3.86. The lowest BCUT2D eigenvalue weighted by Gasteiger charge is -2.11. The molecule has 2 rings (SSSR count). The predicted octanol–water partition coefficient (Wildman–Crippen LogP) is 3.82. The lowest BCUT2D eigenvalue weighted by molar-refractivity contribution is 0.403. The molecule has 0 atom stereocenters. The van der Waals surface area contributed by atoms with Gasteiger partial charge in [-0.3, -0.25) is 0 Å². The molecule has 0 amide bonds. The minimum atomic E-state index is 0.423. The molecule has 3 heteroatoms. The molecule has 0 aromatic heterocycles. The van der Waals surface area contributed by atoms with Crippen LogP contribution >= 0.6 is 11.6 Å². The molecule has 1 aliphatic rings. The number of hydrogen-bond donors (Lipinski definition) is 0. The topological polar surface area (TPSA) is 33.0 Å². The van der Waals surface area contributed by atoms with E-state index in [-0.39, 0.29) is 0 Å². The van der Waals surface area contributed by atoms with Crippen molar-refractivity contribution in [2.24, 2.45) is 0 Å². The highest BCUT2D eigenvalue weighted by molar-refractivity contribution is 6.31. The summed E-state index contributed by atoms with van der Waals surface area (Å²) in [7, 11) is 0. The van der Waals surface area contributed by atoms with Gasteiger partial charge in [-0.1, -0.05) is 23.8 Å². The molecule has 0 aliphatic heterocycles. The summed E-state index contributed by atoms with van der Waals surface area (Å²) >= 11 is 5.91. The van der Waals surface area contributed by atoms with Gasteiger partial charge in [-0.05, 0) is 24.6 Å². The Morgan fingerprint density at radius 2 is 2.25 bits per heavy atom. The van der Waals surface area contributed by atoms with Gasteiger partial charge in [0.1, 0.15) is 17.6 Å². The van der Waals surface area contributed by atoms with E-state index >= 15 is 0 Å². The molecule has 0 heterocycles. The fourth-order valence-electron chi connectivity index (χ4n) is 1.47. The van der Waals surface area contributed by atoms with Crippen molar-refractivity contribution in [2.75, 3.05) is 0 Å². The Hall–Kier alpha value is -1.72. The molecule has 16 heavy (non-hydrogen) atoms. The van der Waals surface area contributed by atoms with Crippen LogP contribution in [0.5, 0.6) is 5.75 Å². The molecule has 1 aromatic carbocycles. The summed E-state index contributed by atoms with van der Waals surface area (Å²) < 4.78 is 5.65.